The highest BCUT2D eigenvalue weighted by Gasteiger charge is 2.32. The monoisotopic (exact) mass is 459 g/mol. The van der Waals surface area contributed by atoms with Gasteiger partial charge in [-0.15, -0.1) is 0 Å². The summed E-state index contributed by atoms with van der Waals surface area (Å²) in [6.45, 7) is 3.84. The minimum Gasteiger partial charge on any atom is -0.381 e. The first-order valence-corrected chi connectivity index (χ1v) is 11.0. The molecule has 5 N–H and O–H groups in total. The molecule has 3 atom stereocenters. The molecule has 3 aromatic rings. The second-order valence-electron chi connectivity index (χ2n) is 8.21. The van der Waals surface area contributed by atoms with Crippen LogP contribution in [-0.4, -0.2) is 35.0 Å². The SMILES string of the molecule is Cc1cccc(C)c1C[C@@H](NC(=O)[C@H](O)[C@@H](NC(=O)c1ccccc1)c1ccccc1)C(N)=O. The Kier molecular flexibility index (Phi) is 8.16. The van der Waals surface area contributed by atoms with E-state index >= 15 is 0 Å². The lowest BCUT2D eigenvalue weighted by Gasteiger charge is -2.26. The molecule has 176 valence electrons. The number of carbonyl (C=O) groups is 3. The first kappa shape index (κ1) is 24.7. The molecule has 0 aliphatic carbocycles. The fourth-order valence-electron chi connectivity index (χ4n) is 3.83. The minimum absolute atomic E-state index is 0.193. The van der Waals surface area contributed by atoms with Crippen LogP contribution < -0.4 is 16.4 Å². The number of benzene rings is 3. The van der Waals surface area contributed by atoms with E-state index in [0.29, 0.717) is 11.1 Å². The van der Waals surface area contributed by atoms with Crippen LogP contribution in [0.3, 0.4) is 0 Å². The average Bonchev–Trinajstić information content (AvgIpc) is 2.84. The molecule has 0 heterocycles. The van der Waals surface area contributed by atoms with Crippen LogP contribution in [-0.2, 0) is 16.0 Å². The van der Waals surface area contributed by atoms with Crippen LogP contribution in [0.5, 0.6) is 0 Å². The second-order valence-corrected chi connectivity index (χ2v) is 8.21. The van der Waals surface area contributed by atoms with Gasteiger partial charge in [-0.2, -0.15) is 0 Å². The topological polar surface area (TPSA) is 122 Å². The number of aliphatic hydroxyl groups is 1. The van der Waals surface area contributed by atoms with Gasteiger partial charge in [-0.3, -0.25) is 14.4 Å². The molecule has 0 aromatic heterocycles. The number of hydrogen-bond acceptors (Lipinski definition) is 4. The smallest absolute Gasteiger partial charge is 0.252 e. The van der Waals surface area contributed by atoms with E-state index in [9.17, 15) is 19.5 Å². The highest BCUT2D eigenvalue weighted by Crippen LogP contribution is 2.20. The number of aliphatic hydroxyl groups excluding tert-OH is 1. The summed E-state index contributed by atoms with van der Waals surface area (Å²) in [5.41, 5.74) is 9.35. The predicted molar refractivity (Wildman–Crippen MR) is 130 cm³/mol. The Labute approximate surface area is 199 Å². The fraction of sp³-hybridized carbons (Fsp3) is 0.222. The zero-order valence-corrected chi connectivity index (χ0v) is 19.2. The van der Waals surface area contributed by atoms with E-state index < -0.39 is 35.9 Å². The summed E-state index contributed by atoms with van der Waals surface area (Å²) in [7, 11) is 0. The first-order chi connectivity index (χ1) is 16.3. The van der Waals surface area contributed by atoms with Gasteiger partial charge >= 0.3 is 0 Å². The summed E-state index contributed by atoms with van der Waals surface area (Å²) in [4.78, 5) is 37.9. The van der Waals surface area contributed by atoms with Gasteiger partial charge in [0.1, 0.15) is 6.04 Å². The summed E-state index contributed by atoms with van der Waals surface area (Å²) < 4.78 is 0. The van der Waals surface area contributed by atoms with Crippen LogP contribution in [0.25, 0.3) is 0 Å². The molecular formula is C27H29N3O4. The van der Waals surface area contributed by atoms with Gasteiger partial charge in [0.2, 0.25) is 5.91 Å². The molecule has 7 nitrogen and oxygen atoms in total. The first-order valence-electron chi connectivity index (χ1n) is 11.0. The normalized spacial score (nSPS) is 13.4. The quantitative estimate of drug-likeness (QED) is 0.392. The highest BCUT2D eigenvalue weighted by atomic mass is 16.3. The molecule has 7 heteroatoms. The van der Waals surface area contributed by atoms with E-state index in [1.165, 1.54) is 0 Å². The molecule has 0 aliphatic rings. The molecule has 0 aliphatic heterocycles. The Hall–Kier alpha value is -3.97. The van der Waals surface area contributed by atoms with Gasteiger partial charge in [0.15, 0.2) is 6.10 Å². The van der Waals surface area contributed by atoms with E-state index in [1.54, 1.807) is 60.7 Å². The molecule has 0 bridgehead atoms. The molecule has 0 unspecified atom stereocenters. The molecule has 34 heavy (non-hydrogen) atoms. The van der Waals surface area contributed by atoms with Crippen molar-refractivity contribution in [3.63, 3.8) is 0 Å². The Morgan fingerprint density at radius 1 is 0.824 bits per heavy atom. The zero-order valence-electron chi connectivity index (χ0n) is 19.2. The van der Waals surface area contributed by atoms with Crippen molar-refractivity contribution < 1.29 is 19.5 Å². The maximum Gasteiger partial charge on any atom is 0.252 e. The Morgan fingerprint density at radius 3 is 1.94 bits per heavy atom. The molecular weight excluding hydrogens is 430 g/mol. The van der Waals surface area contributed by atoms with Crippen LogP contribution in [0, 0.1) is 13.8 Å². The molecule has 0 saturated carbocycles. The largest absolute Gasteiger partial charge is 0.381 e. The number of carbonyl (C=O) groups excluding carboxylic acids is 3. The summed E-state index contributed by atoms with van der Waals surface area (Å²) in [6.07, 6.45) is -1.46. The lowest BCUT2D eigenvalue weighted by Crippen LogP contribution is -2.52. The van der Waals surface area contributed by atoms with Crippen molar-refractivity contribution >= 4 is 17.7 Å². The summed E-state index contributed by atoms with van der Waals surface area (Å²) in [5, 5.41) is 16.3. The maximum atomic E-state index is 13.0. The van der Waals surface area contributed by atoms with Gasteiger partial charge in [0, 0.05) is 12.0 Å². The number of nitrogens with two attached hydrogens (primary N) is 1. The predicted octanol–water partition coefficient (Wildman–Crippen LogP) is 2.35. The van der Waals surface area contributed by atoms with Crippen molar-refractivity contribution in [2.24, 2.45) is 5.73 Å². The molecule has 0 fully saturated rings. The molecule has 3 rings (SSSR count). The van der Waals surface area contributed by atoms with Gasteiger partial charge in [0.25, 0.3) is 11.8 Å². The summed E-state index contributed by atoms with van der Waals surface area (Å²) >= 11 is 0. The van der Waals surface area contributed by atoms with E-state index in [-0.39, 0.29) is 6.42 Å². The van der Waals surface area contributed by atoms with Gasteiger partial charge in [-0.1, -0.05) is 66.7 Å². The van der Waals surface area contributed by atoms with Crippen molar-refractivity contribution in [2.45, 2.75) is 38.5 Å². The third kappa shape index (κ3) is 6.08. The van der Waals surface area contributed by atoms with Crippen molar-refractivity contribution in [1.82, 2.24) is 10.6 Å². The second kappa shape index (κ2) is 11.2. The minimum atomic E-state index is -1.66. The third-order valence-corrected chi connectivity index (χ3v) is 5.78. The van der Waals surface area contributed by atoms with E-state index in [0.717, 1.165) is 16.7 Å². The molecule has 3 aromatic carbocycles. The van der Waals surface area contributed by atoms with Crippen LogP contribution in [0.1, 0.15) is 38.7 Å². The van der Waals surface area contributed by atoms with Crippen molar-refractivity contribution in [1.29, 1.82) is 0 Å². The van der Waals surface area contributed by atoms with Gasteiger partial charge in [0.05, 0.1) is 6.04 Å². The van der Waals surface area contributed by atoms with Crippen molar-refractivity contribution in [3.8, 4) is 0 Å². The Morgan fingerprint density at radius 2 is 1.38 bits per heavy atom. The summed E-state index contributed by atoms with van der Waals surface area (Å²) in [5.74, 6) is -1.96. The molecule has 3 amide bonds. The zero-order chi connectivity index (χ0) is 24.7. The van der Waals surface area contributed by atoms with Crippen LogP contribution >= 0.6 is 0 Å². The number of rotatable bonds is 9. The van der Waals surface area contributed by atoms with Gasteiger partial charge < -0.3 is 21.5 Å². The third-order valence-electron chi connectivity index (χ3n) is 5.78. The number of amides is 3. The highest BCUT2D eigenvalue weighted by molar-refractivity contribution is 5.95. The van der Waals surface area contributed by atoms with Gasteiger partial charge in [-0.25, -0.2) is 0 Å². The molecule has 0 saturated heterocycles. The Balaban J connectivity index is 1.81. The van der Waals surface area contributed by atoms with Crippen LogP contribution in [0.2, 0.25) is 0 Å². The van der Waals surface area contributed by atoms with Crippen molar-refractivity contribution in [3.05, 3.63) is 107 Å². The fourth-order valence-corrected chi connectivity index (χ4v) is 3.83. The Bertz CT molecular complexity index is 1130. The number of nitrogens with one attached hydrogen (secondary N) is 2. The lowest BCUT2D eigenvalue weighted by atomic mass is 9.95. The molecule has 0 radical (unpaired) electrons. The average molecular weight is 460 g/mol. The van der Waals surface area contributed by atoms with Crippen LogP contribution in [0.15, 0.2) is 78.9 Å². The van der Waals surface area contributed by atoms with E-state index in [1.807, 2.05) is 32.0 Å². The number of primary amides is 1. The number of hydrogen-bond donors (Lipinski definition) is 4. The van der Waals surface area contributed by atoms with E-state index in [4.69, 9.17) is 5.73 Å². The maximum absolute atomic E-state index is 13.0. The number of aryl methyl sites for hydroxylation is 2. The molecule has 0 spiro atoms. The van der Waals surface area contributed by atoms with Crippen molar-refractivity contribution in [2.75, 3.05) is 0 Å². The van der Waals surface area contributed by atoms with Crippen LogP contribution in [0.4, 0.5) is 0 Å². The summed E-state index contributed by atoms with van der Waals surface area (Å²) in [6, 6.07) is 20.9. The van der Waals surface area contributed by atoms with Gasteiger partial charge in [-0.05, 0) is 48.2 Å². The standard InChI is InChI=1S/C27H29N3O4/c1-17-10-9-11-18(2)21(17)16-22(25(28)32)29-27(34)24(31)23(19-12-5-3-6-13-19)30-26(33)20-14-7-4-8-15-20/h3-15,22-24,31H,16H2,1-2H3,(H2,28,32)(H,29,34)(H,30,33)/t22-,23+,24-/m1/s1. The lowest BCUT2D eigenvalue weighted by molar-refractivity contribution is -0.134. The van der Waals surface area contributed by atoms with E-state index in [2.05, 4.69) is 10.6 Å².